The van der Waals surface area contributed by atoms with Crippen LogP contribution in [0.15, 0.2) is 34.7 Å². The SMILES string of the molecule is COc1ccc(OC)c(NC(=O)CN2CCC(NC(=O)c3ccc(C)o3)CC2)c1. The Labute approximate surface area is 170 Å². The number of nitrogens with zero attached hydrogens (tertiary/aromatic N) is 1. The Kier molecular flexibility index (Phi) is 6.77. The monoisotopic (exact) mass is 401 g/mol. The summed E-state index contributed by atoms with van der Waals surface area (Å²) in [4.78, 5) is 26.7. The number of methoxy groups -OCH3 is 2. The average molecular weight is 401 g/mol. The number of hydrogen-bond donors (Lipinski definition) is 2. The molecule has 2 amide bonds. The molecule has 0 bridgehead atoms. The first kappa shape index (κ1) is 20.7. The van der Waals surface area contributed by atoms with E-state index in [0.29, 0.717) is 28.7 Å². The van der Waals surface area contributed by atoms with E-state index in [4.69, 9.17) is 13.9 Å². The van der Waals surface area contributed by atoms with Crippen LogP contribution in [0.3, 0.4) is 0 Å². The van der Waals surface area contributed by atoms with Gasteiger partial charge in [-0.15, -0.1) is 0 Å². The molecule has 0 radical (unpaired) electrons. The van der Waals surface area contributed by atoms with Gasteiger partial charge in [0, 0.05) is 25.2 Å². The Balaban J connectivity index is 1.47. The van der Waals surface area contributed by atoms with Crippen LogP contribution in [0.1, 0.15) is 29.2 Å². The van der Waals surface area contributed by atoms with Gasteiger partial charge in [-0.25, -0.2) is 0 Å². The summed E-state index contributed by atoms with van der Waals surface area (Å²) in [5, 5.41) is 5.88. The molecular formula is C21H27N3O5. The van der Waals surface area contributed by atoms with Gasteiger partial charge in [0.2, 0.25) is 5.91 Å². The number of furan rings is 1. The number of ether oxygens (including phenoxy) is 2. The lowest BCUT2D eigenvalue weighted by atomic mass is 10.0. The fourth-order valence-electron chi connectivity index (χ4n) is 3.35. The number of piperidine rings is 1. The Morgan fingerprint density at radius 1 is 1.14 bits per heavy atom. The highest BCUT2D eigenvalue weighted by Gasteiger charge is 2.23. The second-order valence-corrected chi connectivity index (χ2v) is 7.05. The molecule has 2 aromatic rings. The zero-order chi connectivity index (χ0) is 20.8. The highest BCUT2D eigenvalue weighted by Crippen LogP contribution is 2.28. The van der Waals surface area contributed by atoms with Gasteiger partial charge in [-0.1, -0.05) is 0 Å². The predicted octanol–water partition coefficient (Wildman–Crippen LogP) is 2.44. The highest BCUT2D eigenvalue weighted by atomic mass is 16.5. The third-order valence-electron chi connectivity index (χ3n) is 4.93. The Morgan fingerprint density at radius 3 is 2.52 bits per heavy atom. The van der Waals surface area contributed by atoms with Gasteiger partial charge in [-0.05, 0) is 44.0 Å². The van der Waals surface area contributed by atoms with E-state index in [1.165, 1.54) is 0 Å². The van der Waals surface area contributed by atoms with E-state index >= 15 is 0 Å². The molecular weight excluding hydrogens is 374 g/mol. The Bertz CT molecular complexity index is 856. The number of nitrogens with one attached hydrogen (secondary N) is 2. The molecule has 1 aliphatic heterocycles. The van der Waals surface area contributed by atoms with Gasteiger partial charge in [0.1, 0.15) is 17.3 Å². The van der Waals surface area contributed by atoms with Crippen molar-refractivity contribution in [1.82, 2.24) is 10.2 Å². The first-order valence-corrected chi connectivity index (χ1v) is 9.60. The molecule has 8 heteroatoms. The number of benzene rings is 1. The van der Waals surface area contributed by atoms with Crippen LogP contribution in [0, 0.1) is 6.92 Å². The number of hydrogen-bond acceptors (Lipinski definition) is 6. The van der Waals surface area contributed by atoms with E-state index in [2.05, 4.69) is 15.5 Å². The summed E-state index contributed by atoms with van der Waals surface area (Å²) in [5.41, 5.74) is 0.577. The van der Waals surface area contributed by atoms with E-state index in [-0.39, 0.29) is 24.4 Å². The van der Waals surface area contributed by atoms with Crippen molar-refractivity contribution in [2.45, 2.75) is 25.8 Å². The molecule has 1 aliphatic rings. The summed E-state index contributed by atoms with van der Waals surface area (Å²) in [5.74, 6) is 1.95. The number of carbonyl (C=O) groups is 2. The van der Waals surface area contributed by atoms with Crippen LogP contribution in [0.25, 0.3) is 0 Å². The smallest absolute Gasteiger partial charge is 0.287 e. The van der Waals surface area contributed by atoms with E-state index < -0.39 is 0 Å². The van der Waals surface area contributed by atoms with Crippen molar-refractivity contribution in [1.29, 1.82) is 0 Å². The van der Waals surface area contributed by atoms with Crippen molar-refractivity contribution >= 4 is 17.5 Å². The molecule has 2 N–H and O–H groups in total. The maximum absolute atomic E-state index is 12.5. The van der Waals surface area contributed by atoms with Crippen LogP contribution < -0.4 is 20.1 Å². The predicted molar refractivity (Wildman–Crippen MR) is 109 cm³/mol. The summed E-state index contributed by atoms with van der Waals surface area (Å²) in [6.07, 6.45) is 1.56. The number of likely N-dealkylation sites (tertiary alicyclic amines) is 1. The molecule has 2 heterocycles. The van der Waals surface area contributed by atoms with Crippen molar-refractivity contribution in [2.75, 3.05) is 39.2 Å². The van der Waals surface area contributed by atoms with Gasteiger partial charge in [0.15, 0.2) is 5.76 Å². The lowest BCUT2D eigenvalue weighted by molar-refractivity contribution is -0.117. The van der Waals surface area contributed by atoms with Gasteiger partial charge in [0.05, 0.1) is 26.5 Å². The summed E-state index contributed by atoms with van der Waals surface area (Å²) in [7, 11) is 3.13. The normalized spacial score (nSPS) is 15.0. The lowest BCUT2D eigenvalue weighted by Crippen LogP contribution is -2.46. The Hall–Kier alpha value is -3.00. The molecule has 0 spiro atoms. The zero-order valence-corrected chi connectivity index (χ0v) is 17.0. The van der Waals surface area contributed by atoms with E-state index in [0.717, 1.165) is 25.9 Å². The van der Waals surface area contributed by atoms with Crippen LogP contribution in [0.4, 0.5) is 5.69 Å². The minimum atomic E-state index is -0.195. The molecule has 156 valence electrons. The van der Waals surface area contributed by atoms with Gasteiger partial charge in [-0.2, -0.15) is 0 Å². The molecule has 29 heavy (non-hydrogen) atoms. The molecule has 1 fully saturated rings. The van der Waals surface area contributed by atoms with Crippen molar-refractivity contribution in [3.05, 3.63) is 41.9 Å². The number of aryl methyl sites for hydroxylation is 1. The fourth-order valence-corrected chi connectivity index (χ4v) is 3.35. The third-order valence-corrected chi connectivity index (χ3v) is 4.93. The van der Waals surface area contributed by atoms with Crippen molar-refractivity contribution < 1.29 is 23.5 Å². The average Bonchev–Trinajstić information content (AvgIpc) is 3.16. The van der Waals surface area contributed by atoms with E-state index in [1.54, 1.807) is 51.5 Å². The number of anilines is 1. The van der Waals surface area contributed by atoms with E-state index in [9.17, 15) is 9.59 Å². The fraction of sp³-hybridized carbons (Fsp3) is 0.429. The summed E-state index contributed by atoms with van der Waals surface area (Å²) in [6.45, 7) is 3.54. The molecule has 1 aromatic heterocycles. The minimum Gasteiger partial charge on any atom is -0.497 e. The number of carbonyl (C=O) groups excluding carboxylic acids is 2. The summed E-state index contributed by atoms with van der Waals surface area (Å²) >= 11 is 0. The quantitative estimate of drug-likeness (QED) is 0.740. The lowest BCUT2D eigenvalue weighted by Gasteiger charge is -2.31. The van der Waals surface area contributed by atoms with Crippen LogP contribution in [0.2, 0.25) is 0 Å². The first-order valence-electron chi connectivity index (χ1n) is 9.60. The molecule has 0 atom stereocenters. The number of amides is 2. The standard InChI is InChI=1S/C21H27N3O5/c1-14-4-6-19(29-14)21(26)22-15-8-10-24(11-9-15)13-20(25)23-17-12-16(27-2)5-7-18(17)28-3/h4-7,12,15H,8-11,13H2,1-3H3,(H,22,26)(H,23,25). The molecule has 1 aromatic carbocycles. The molecule has 3 rings (SSSR count). The van der Waals surface area contributed by atoms with Crippen molar-refractivity contribution in [3.63, 3.8) is 0 Å². The maximum Gasteiger partial charge on any atom is 0.287 e. The molecule has 8 nitrogen and oxygen atoms in total. The second kappa shape index (κ2) is 9.47. The van der Waals surface area contributed by atoms with Crippen LogP contribution in [0.5, 0.6) is 11.5 Å². The summed E-state index contributed by atoms with van der Waals surface area (Å²) in [6, 6.07) is 8.78. The third kappa shape index (κ3) is 5.51. The topological polar surface area (TPSA) is 93.0 Å². The number of rotatable bonds is 7. The van der Waals surface area contributed by atoms with Crippen molar-refractivity contribution in [3.8, 4) is 11.5 Å². The van der Waals surface area contributed by atoms with Crippen molar-refractivity contribution in [2.24, 2.45) is 0 Å². The first-order chi connectivity index (χ1) is 14.0. The van der Waals surface area contributed by atoms with Gasteiger partial charge in [0.25, 0.3) is 5.91 Å². The highest BCUT2D eigenvalue weighted by molar-refractivity contribution is 5.94. The molecule has 0 saturated carbocycles. The van der Waals surface area contributed by atoms with Crippen LogP contribution in [-0.4, -0.2) is 56.6 Å². The molecule has 0 unspecified atom stereocenters. The van der Waals surface area contributed by atoms with Crippen LogP contribution >= 0.6 is 0 Å². The zero-order valence-electron chi connectivity index (χ0n) is 17.0. The van der Waals surface area contributed by atoms with Gasteiger partial charge >= 0.3 is 0 Å². The maximum atomic E-state index is 12.5. The van der Waals surface area contributed by atoms with Gasteiger partial charge < -0.3 is 24.5 Å². The largest absolute Gasteiger partial charge is 0.497 e. The van der Waals surface area contributed by atoms with E-state index in [1.807, 2.05) is 0 Å². The van der Waals surface area contributed by atoms with Gasteiger partial charge in [-0.3, -0.25) is 14.5 Å². The Morgan fingerprint density at radius 2 is 1.90 bits per heavy atom. The minimum absolute atomic E-state index is 0.0747. The van der Waals surface area contributed by atoms with Crippen LogP contribution in [-0.2, 0) is 4.79 Å². The second-order valence-electron chi connectivity index (χ2n) is 7.05. The summed E-state index contributed by atoms with van der Waals surface area (Å²) < 4.78 is 15.9. The molecule has 1 saturated heterocycles. The molecule has 0 aliphatic carbocycles.